The molecule has 0 bridgehead atoms. The average Bonchev–Trinajstić information content (AvgIpc) is 3.10. The molecule has 38 heavy (non-hydrogen) atoms. The Balaban J connectivity index is 1.43. The number of para-hydroxylation sites is 1. The molecule has 0 saturated carbocycles. The van der Waals surface area contributed by atoms with E-state index in [9.17, 15) is 19.2 Å². The fraction of sp³-hybridized carbons (Fsp3) is 0.143. The Morgan fingerprint density at radius 1 is 0.921 bits per heavy atom. The van der Waals surface area contributed by atoms with E-state index in [-0.39, 0.29) is 35.2 Å². The molecule has 0 unspecified atom stereocenters. The molecule has 1 aliphatic heterocycles. The Bertz CT molecular complexity index is 1470. The van der Waals surface area contributed by atoms with Crippen LogP contribution in [0.2, 0.25) is 5.02 Å². The zero-order valence-corrected chi connectivity index (χ0v) is 22.0. The number of amides is 3. The van der Waals surface area contributed by atoms with Crippen LogP contribution in [0.25, 0.3) is 0 Å². The number of nitrogens with one attached hydrogen (secondary N) is 2. The van der Waals surface area contributed by atoms with Crippen LogP contribution in [0, 0.1) is 6.92 Å². The van der Waals surface area contributed by atoms with Crippen LogP contribution in [-0.2, 0) is 25.5 Å². The second-order valence-electron chi connectivity index (χ2n) is 8.33. The minimum atomic E-state index is -0.652. The quantitative estimate of drug-likeness (QED) is 0.285. The van der Waals surface area contributed by atoms with E-state index in [1.54, 1.807) is 80.6 Å². The van der Waals surface area contributed by atoms with Crippen molar-refractivity contribution in [1.82, 2.24) is 0 Å². The molecule has 0 fully saturated rings. The summed E-state index contributed by atoms with van der Waals surface area (Å²) in [6.07, 6.45) is 0.0418. The summed E-state index contributed by atoms with van der Waals surface area (Å²) < 4.78 is 5.04. The predicted molar refractivity (Wildman–Crippen MR) is 146 cm³/mol. The molecule has 3 aromatic carbocycles. The van der Waals surface area contributed by atoms with Gasteiger partial charge in [-0.3, -0.25) is 14.4 Å². The topological polar surface area (TPSA) is 105 Å². The largest absolute Gasteiger partial charge is 0.462 e. The summed E-state index contributed by atoms with van der Waals surface area (Å²) >= 11 is 12.4. The summed E-state index contributed by atoms with van der Waals surface area (Å²) in [6, 6.07) is 18.3. The number of imide groups is 1. The van der Waals surface area contributed by atoms with Gasteiger partial charge >= 0.3 is 5.97 Å². The van der Waals surface area contributed by atoms with Gasteiger partial charge in [0.1, 0.15) is 10.7 Å². The van der Waals surface area contributed by atoms with Gasteiger partial charge in [0.15, 0.2) is 0 Å². The van der Waals surface area contributed by atoms with Crippen molar-refractivity contribution < 1.29 is 23.9 Å². The number of hydrogen-bond acceptors (Lipinski definition) is 6. The lowest BCUT2D eigenvalue weighted by atomic mass is 10.1. The first kappa shape index (κ1) is 26.9. The van der Waals surface area contributed by atoms with Crippen molar-refractivity contribution in [3.05, 3.63) is 99.2 Å². The normalized spacial score (nSPS) is 13.1. The molecular weight excluding hydrogens is 529 g/mol. The summed E-state index contributed by atoms with van der Waals surface area (Å²) in [6.45, 7) is 3.64. The molecule has 4 rings (SSSR count). The van der Waals surface area contributed by atoms with Crippen molar-refractivity contribution in [3.63, 3.8) is 0 Å². The highest BCUT2D eigenvalue weighted by atomic mass is 35.5. The number of ether oxygens (including phenoxy) is 1. The van der Waals surface area contributed by atoms with Crippen LogP contribution in [0.3, 0.4) is 0 Å². The maximum atomic E-state index is 13.1. The first-order valence-corrected chi connectivity index (χ1v) is 12.4. The van der Waals surface area contributed by atoms with E-state index in [1.165, 1.54) is 0 Å². The first-order valence-electron chi connectivity index (χ1n) is 11.7. The molecule has 0 radical (unpaired) electrons. The number of carbonyl (C=O) groups excluding carboxylic acids is 4. The zero-order chi connectivity index (χ0) is 27.4. The van der Waals surface area contributed by atoms with Gasteiger partial charge in [0.25, 0.3) is 11.8 Å². The second kappa shape index (κ2) is 11.5. The van der Waals surface area contributed by atoms with Crippen LogP contribution in [0.15, 0.2) is 77.5 Å². The van der Waals surface area contributed by atoms with Gasteiger partial charge in [0.2, 0.25) is 5.91 Å². The lowest BCUT2D eigenvalue weighted by Gasteiger charge is -2.18. The Kier molecular flexibility index (Phi) is 8.14. The van der Waals surface area contributed by atoms with Gasteiger partial charge < -0.3 is 15.4 Å². The third-order valence-corrected chi connectivity index (χ3v) is 6.55. The molecule has 1 heterocycles. The van der Waals surface area contributed by atoms with Crippen molar-refractivity contribution >= 4 is 64.0 Å². The smallest absolute Gasteiger partial charge is 0.340 e. The minimum Gasteiger partial charge on any atom is -0.462 e. The monoisotopic (exact) mass is 551 g/mol. The van der Waals surface area contributed by atoms with Gasteiger partial charge in [0, 0.05) is 10.7 Å². The fourth-order valence-corrected chi connectivity index (χ4v) is 4.26. The van der Waals surface area contributed by atoms with E-state index in [4.69, 9.17) is 27.9 Å². The SMILES string of the molecule is CCOC(=O)c1ccccc1NC(=O)Cc1ccc(NC2=C(Cl)C(=O)N(c3cccc(Cl)c3C)C2=O)cc1. The van der Waals surface area contributed by atoms with Crippen LogP contribution in [0.4, 0.5) is 17.1 Å². The van der Waals surface area contributed by atoms with Crippen molar-refractivity contribution in [3.8, 4) is 0 Å². The summed E-state index contributed by atoms with van der Waals surface area (Å²) in [4.78, 5) is 51.6. The predicted octanol–water partition coefficient (Wildman–Crippen LogP) is 5.44. The van der Waals surface area contributed by atoms with Gasteiger partial charge in [-0.2, -0.15) is 0 Å². The van der Waals surface area contributed by atoms with E-state index >= 15 is 0 Å². The number of halogens is 2. The molecular formula is C28H23Cl2N3O5. The Hall–Kier alpha value is -4.14. The molecule has 8 nitrogen and oxygen atoms in total. The molecule has 0 aromatic heterocycles. The third-order valence-electron chi connectivity index (χ3n) is 5.79. The van der Waals surface area contributed by atoms with E-state index in [1.807, 2.05) is 0 Å². The van der Waals surface area contributed by atoms with E-state index < -0.39 is 17.8 Å². The van der Waals surface area contributed by atoms with Gasteiger partial charge in [-0.15, -0.1) is 0 Å². The van der Waals surface area contributed by atoms with E-state index in [0.717, 1.165) is 4.90 Å². The van der Waals surface area contributed by atoms with Crippen LogP contribution in [0.1, 0.15) is 28.4 Å². The minimum absolute atomic E-state index is 0.0418. The number of benzene rings is 3. The Labute approximate surface area is 229 Å². The Morgan fingerprint density at radius 2 is 1.63 bits per heavy atom. The number of hydrogen-bond donors (Lipinski definition) is 2. The molecule has 194 valence electrons. The van der Waals surface area contributed by atoms with Gasteiger partial charge in [0.05, 0.1) is 30.0 Å². The summed E-state index contributed by atoms with van der Waals surface area (Å²) in [7, 11) is 0. The number of anilines is 3. The van der Waals surface area contributed by atoms with Crippen molar-refractivity contribution in [2.45, 2.75) is 20.3 Å². The van der Waals surface area contributed by atoms with E-state index in [0.29, 0.717) is 33.2 Å². The number of nitrogens with zero attached hydrogens (tertiary/aromatic N) is 1. The molecule has 0 saturated heterocycles. The third kappa shape index (κ3) is 5.56. The molecule has 0 spiro atoms. The molecule has 0 atom stereocenters. The molecule has 10 heteroatoms. The molecule has 3 amide bonds. The number of rotatable bonds is 8. The first-order chi connectivity index (χ1) is 18.2. The van der Waals surface area contributed by atoms with Crippen molar-refractivity contribution in [1.29, 1.82) is 0 Å². The van der Waals surface area contributed by atoms with Crippen LogP contribution in [-0.4, -0.2) is 30.3 Å². The molecule has 0 aliphatic carbocycles. The highest BCUT2D eigenvalue weighted by Crippen LogP contribution is 2.34. The van der Waals surface area contributed by atoms with Crippen molar-refractivity contribution in [2.75, 3.05) is 22.1 Å². The lowest BCUT2D eigenvalue weighted by molar-refractivity contribution is -0.120. The molecule has 2 N–H and O–H groups in total. The highest BCUT2D eigenvalue weighted by Gasteiger charge is 2.39. The second-order valence-corrected chi connectivity index (χ2v) is 9.12. The van der Waals surface area contributed by atoms with Gasteiger partial charge in [-0.25, -0.2) is 9.69 Å². The lowest BCUT2D eigenvalue weighted by Crippen LogP contribution is -2.32. The Morgan fingerprint density at radius 3 is 2.34 bits per heavy atom. The standard InChI is InChI=1S/C28H23Cl2N3O5/c1-3-38-28(37)19-7-4-5-9-21(19)32-23(34)15-17-11-13-18(14-12-17)31-25-24(30)26(35)33(27(25)36)22-10-6-8-20(29)16(22)2/h4-14,31H,3,15H2,1-2H3,(H,32,34). The van der Waals surface area contributed by atoms with E-state index in [2.05, 4.69) is 10.6 Å². The van der Waals surface area contributed by atoms with Gasteiger partial charge in [-0.05, 0) is 61.4 Å². The molecule has 3 aromatic rings. The molecule has 1 aliphatic rings. The van der Waals surface area contributed by atoms with Crippen LogP contribution in [0.5, 0.6) is 0 Å². The summed E-state index contributed by atoms with van der Waals surface area (Å²) in [5.74, 6) is -2.09. The number of esters is 1. The average molecular weight is 552 g/mol. The maximum Gasteiger partial charge on any atom is 0.340 e. The highest BCUT2D eigenvalue weighted by molar-refractivity contribution is 6.53. The number of carbonyl (C=O) groups is 4. The summed E-state index contributed by atoms with van der Waals surface area (Å²) in [5.41, 5.74) is 2.69. The van der Waals surface area contributed by atoms with Crippen molar-refractivity contribution in [2.24, 2.45) is 0 Å². The fourth-order valence-electron chi connectivity index (χ4n) is 3.88. The van der Waals surface area contributed by atoms with Gasteiger partial charge in [-0.1, -0.05) is 53.5 Å². The zero-order valence-electron chi connectivity index (χ0n) is 20.5. The maximum absolute atomic E-state index is 13.1. The van der Waals surface area contributed by atoms with Crippen LogP contribution < -0.4 is 15.5 Å². The summed E-state index contributed by atoms with van der Waals surface area (Å²) in [5, 5.41) is 5.83. The van der Waals surface area contributed by atoms with Crippen LogP contribution >= 0.6 is 23.2 Å².